The predicted molar refractivity (Wildman–Crippen MR) is 131 cm³/mol. The van der Waals surface area contributed by atoms with Gasteiger partial charge in [-0.25, -0.2) is 9.97 Å². The van der Waals surface area contributed by atoms with Crippen LogP contribution < -0.4 is 10.6 Å². The smallest absolute Gasteiger partial charge is 0.153 e. The maximum Gasteiger partial charge on any atom is 0.153 e. The monoisotopic (exact) mass is 463 g/mol. The van der Waals surface area contributed by atoms with E-state index in [9.17, 15) is 5.11 Å². The average molecular weight is 464 g/mol. The van der Waals surface area contributed by atoms with Gasteiger partial charge < -0.3 is 15.7 Å². The molecule has 7 heteroatoms. The number of hydrogen-bond donors (Lipinski definition) is 2. The summed E-state index contributed by atoms with van der Waals surface area (Å²) in [5, 5.41) is 11.2. The zero-order valence-corrected chi connectivity index (χ0v) is 20.1. The molecule has 1 spiro atoms. The fraction of sp³-hybridized carbons (Fsp3) is 0.423. The molecule has 1 saturated heterocycles. The molecule has 1 aromatic carbocycles. The van der Waals surface area contributed by atoms with E-state index >= 15 is 0 Å². The topological polar surface area (TPSA) is 88.2 Å². The van der Waals surface area contributed by atoms with Crippen molar-refractivity contribution >= 4 is 17.4 Å². The molecule has 33 heavy (non-hydrogen) atoms. The standard InChI is InChI=1S/C26H30ClN5O/c1-15-21(27)20(8-11-29-15)22-16(2)30-25(23(31-22)17(3)33)32-12-9-26(10-13-32)14-18-6-4-5-7-19(18)24(26)28/h4-8,11,17,24,33H,9-10,12-14,28H2,1-3H3/t17?,24-/m1/s1. The fourth-order valence-electron chi connectivity index (χ4n) is 5.49. The molecule has 3 heterocycles. The van der Waals surface area contributed by atoms with Gasteiger partial charge in [-0.2, -0.15) is 0 Å². The maximum absolute atomic E-state index is 10.6. The number of rotatable bonds is 3. The lowest BCUT2D eigenvalue weighted by Crippen LogP contribution is -2.45. The van der Waals surface area contributed by atoms with Crippen LogP contribution in [0.3, 0.4) is 0 Å². The van der Waals surface area contributed by atoms with E-state index in [-0.39, 0.29) is 11.5 Å². The van der Waals surface area contributed by atoms with Crippen LogP contribution in [0.1, 0.15) is 60.1 Å². The minimum Gasteiger partial charge on any atom is -0.387 e. The molecular formula is C26H30ClN5O. The van der Waals surface area contributed by atoms with E-state index in [0.717, 1.165) is 55.1 Å². The van der Waals surface area contributed by atoms with Gasteiger partial charge in [0.1, 0.15) is 5.69 Å². The summed E-state index contributed by atoms with van der Waals surface area (Å²) >= 11 is 6.53. The minimum atomic E-state index is -0.748. The second-order valence-electron chi connectivity index (χ2n) is 9.50. The average Bonchev–Trinajstić information content (AvgIpc) is 3.07. The molecular weight excluding hydrogens is 434 g/mol. The molecule has 0 bridgehead atoms. The lowest BCUT2D eigenvalue weighted by Gasteiger charge is -2.43. The van der Waals surface area contributed by atoms with Gasteiger partial charge in [0.2, 0.25) is 0 Å². The van der Waals surface area contributed by atoms with Crippen LogP contribution in [0.2, 0.25) is 5.02 Å². The van der Waals surface area contributed by atoms with Crippen molar-refractivity contribution in [2.45, 2.75) is 52.2 Å². The number of fused-ring (bicyclic) bond motifs is 1. The number of halogens is 1. The van der Waals surface area contributed by atoms with Gasteiger partial charge in [0.15, 0.2) is 5.82 Å². The number of aromatic nitrogens is 3. The third-order valence-corrected chi connectivity index (χ3v) is 7.92. The van der Waals surface area contributed by atoms with E-state index in [2.05, 4.69) is 34.1 Å². The van der Waals surface area contributed by atoms with Crippen molar-refractivity contribution in [3.63, 3.8) is 0 Å². The van der Waals surface area contributed by atoms with Crippen LogP contribution in [0.5, 0.6) is 0 Å². The number of benzene rings is 1. The van der Waals surface area contributed by atoms with Crippen molar-refractivity contribution in [2.75, 3.05) is 18.0 Å². The maximum atomic E-state index is 10.6. The molecule has 1 aliphatic heterocycles. The molecule has 2 atom stereocenters. The van der Waals surface area contributed by atoms with Gasteiger partial charge in [-0.15, -0.1) is 0 Å². The Kier molecular flexibility index (Phi) is 5.63. The summed E-state index contributed by atoms with van der Waals surface area (Å²) in [6.45, 7) is 7.22. The summed E-state index contributed by atoms with van der Waals surface area (Å²) in [7, 11) is 0. The highest BCUT2D eigenvalue weighted by molar-refractivity contribution is 6.33. The van der Waals surface area contributed by atoms with E-state index in [1.165, 1.54) is 11.1 Å². The van der Waals surface area contributed by atoms with Crippen LogP contribution in [0.15, 0.2) is 36.5 Å². The molecule has 0 radical (unpaired) electrons. The van der Waals surface area contributed by atoms with Crippen molar-refractivity contribution in [1.82, 2.24) is 15.0 Å². The molecule has 2 aliphatic rings. The van der Waals surface area contributed by atoms with Gasteiger partial charge in [0.25, 0.3) is 0 Å². The Balaban J connectivity index is 1.45. The third kappa shape index (κ3) is 3.70. The number of anilines is 1. The molecule has 3 N–H and O–H groups in total. The summed E-state index contributed by atoms with van der Waals surface area (Å²) < 4.78 is 0. The first-order chi connectivity index (χ1) is 15.8. The Bertz CT molecular complexity index is 1200. The van der Waals surface area contributed by atoms with Crippen molar-refractivity contribution in [3.8, 4) is 11.3 Å². The Morgan fingerprint density at radius 1 is 1.12 bits per heavy atom. The molecule has 0 saturated carbocycles. The van der Waals surface area contributed by atoms with Crippen LogP contribution in [-0.2, 0) is 6.42 Å². The highest BCUT2D eigenvalue weighted by Gasteiger charge is 2.46. The quantitative estimate of drug-likeness (QED) is 0.585. The summed E-state index contributed by atoms with van der Waals surface area (Å²) in [5.41, 5.74) is 13.1. The summed E-state index contributed by atoms with van der Waals surface area (Å²) in [6.07, 6.45) is 3.98. The van der Waals surface area contributed by atoms with E-state index in [0.29, 0.717) is 16.4 Å². The summed E-state index contributed by atoms with van der Waals surface area (Å²) in [4.78, 5) is 16.3. The van der Waals surface area contributed by atoms with Crippen molar-refractivity contribution in [3.05, 3.63) is 69.8 Å². The van der Waals surface area contributed by atoms with Crippen molar-refractivity contribution in [2.24, 2.45) is 11.1 Å². The minimum absolute atomic E-state index is 0.0688. The molecule has 0 amide bonds. The normalized spacial score (nSPS) is 20.2. The van der Waals surface area contributed by atoms with E-state index in [1.807, 2.05) is 19.9 Å². The van der Waals surface area contributed by atoms with Gasteiger partial charge in [-0.05, 0) is 62.6 Å². The molecule has 1 fully saturated rings. The first-order valence-electron chi connectivity index (χ1n) is 11.6. The highest BCUT2D eigenvalue weighted by Crippen LogP contribution is 2.51. The van der Waals surface area contributed by atoms with Gasteiger partial charge in [-0.3, -0.25) is 4.98 Å². The summed E-state index contributed by atoms with van der Waals surface area (Å²) in [5.74, 6) is 0.757. The number of aliphatic hydroxyl groups is 1. The fourth-order valence-corrected chi connectivity index (χ4v) is 5.69. The zero-order valence-electron chi connectivity index (χ0n) is 19.3. The first kappa shape index (κ1) is 22.3. The predicted octanol–water partition coefficient (Wildman–Crippen LogP) is 4.70. The van der Waals surface area contributed by atoms with E-state index < -0.39 is 6.10 Å². The largest absolute Gasteiger partial charge is 0.387 e. The van der Waals surface area contributed by atoms with E-state index in [4.69, 9.17) is 27.3 Å². The van der Waals surface area contributed by atoms with Crippen LogP contribution in [0.25, 0.3) is 11.3 Å². The number of piperidine rings is 1. The Hall–Kier alpha value is -2.54. The molecule has 6 nitrogen and oxygen atoms in total. The number of aryl methyl sites for hydroxylation is 2. The second-order valence-corrected chi connectivity index (χ2v) is 9.88. The van der Waals surface area contributed by atoms with Gasteiger partial charge >= 0.3 is 0 Å². The van der Waals surface area contributed by atoms with Crippen molar-refractivity contribution < 1.29 is 5.11 Å². The number of pyridine rings is 1. The van der Waals surface area contributed by atoms with Crippen LogP contribution in [-0.4, -0.2) is 33.1 Å². The lowest BCUT2D eigenvalue weighted by atomic mass is 9.73. The SMILES string of the molecule is Cc1nc(N2CCC3(CC2)Cc2ccccc2[C@H]3N)c(C(C)O)nc1-c1ccnc(C)c1Cl. The summed E-state index contributed by atoms with van der Waals surface area (Å²) in [6, 6.07) is 10.5. The Labute approximate surface area is 199 Å². The van der Waals surface area contributed by atoms with E-state index in [1.54, 1.807) is 13.1 Å². The van der Waals surface area contributed by atoms with Crippen LogP contribution >= 0.6 is 11.6 Å². The number of nitrogens with zero attached hydrogens (tertiary/aromatic N) is 4. The van der Waals surface area contributed by atoms with Crippen LogP contribution in [0, 0.1) is 19.3 Å². The van der Waals surface area contributed by atoms with Crippen molar-refractivity contribution in [1.29, 1.82) is 0 Å². The molecule has 5 rings (SSSR count). The van der Waals surface area contributed by atoms with Gasteiger partial charge in [0, 0.05) is 30.9 Å². The van der Waals surface area contributed by atoms with Gasteiger partial charge in [0.05, 0.1) is 28.2 Å². The molecule has 3 aromatic rings. The number of nitrogens with two attached hydrogens (primary N) is 1. The molecule has 172 valence electrons. The number of aliphatic hydroxyl groups excluding tert-OH is 1. The van der Waals surface area contributed by atoms with Crippen LogP contribution in [0.4, 0.5) is 5.82 Å². The molecule has 2 aromatic heterocycles. The number of hydrogen-bond acceptors (Lipinski definition) is 6. The molecule has 1 aliphatic carbocycles. The first-order valence-corrected chi connectivity index (χ1v) is 11.9. The highest BCUT2D eigenvalue weighted by atomic mass is 35.5. The zero-order chi connectivity index (χ0) is 23.3. The second kappa shape index (κ2) is 8.35. The lowest BCUT2D eigenvalue weighted by molar-refractivity contribution is 0.182. The Morgan fingerprint density at radius 3 is 2.55 bits per heavy atom. The molecule has 1 unspecified atom stereocenters. The van der Waals surface area contributed by atoms with Gasteiger partial charge in [-0.1, -0.05) is 35.9 Å². The third-order valence-electron chi connectivity index (χ3n) is 7.44. The Morgan fingerprint density at radius 2 is 1.85 bits per heavy atom.